The highest BCUT2D eigenvalue weighted by Gasteiger charge is 2.11. The second-order valence-corrected chi connectivity index (χ2v) is 5.56. The first kappa shape index (κ1) is 14.9. The number of ether oxygens (including phenoxy) is 1. The predicted molar refractivity (Wildman–Crippen MR) is 81.2 cm³/mol. The van der Waals surface area contributed by atoms with Gasteiger partial charge in [0.2, 0.25) is 0 Å². The van der Waals surface area contributed by atoms with Crippen LogP contribution in [0.2, 0.25) is 5.02 Å². The summed E-state index contributed by atoms with van der Waals surface area (Å²) < 4.78 is 11.4. The maximum absolute atomic E-state index is 6.25. The zero-order chi connectivity index (χ0) is 14.7. The molecule has 3 nitrogen and oxygen atoms in total. The number of benzene rings is 1. The highest BCUT2D eigenvalue weighted by atomic mass is 35.5. The van der Waals surface area contributed by atoms with Gasteiger partial charge in [-0.25, -0.2) is 0 Å². The summed E-state index contributed by atoms with van der Waals surface area (Å²) in [5.41, 5.74) is 7.63. The molecule has 1 aromatic carbocycles. The molecule has 2 aromatic rings. The monoisotopic (exact) mass is 293 g/mol. The van der Waals surface area contributed by atoms with Gasteiger partial charge in [0.15, 0.2) is 0 Å². The lowest BCUT2D eigenvalue weighted by Gasteiger charge is -2.14. The molecule has 0 atom stereocenters. The Morgan fingerprint density at radius 2 is 1.95 bits per heavy atom. The SMILES string of the molecule is Cc1cc(Cl)c(C(C)C)cc1OCc1ccc(CN)o1. The van der Waals surface area contributed by atoms with Gasteiger partial charge in [0.25, 0.3) is 0 Å². The minimum Gasteiger partial charge on any atom is -0.485 e. The third-order valence-corrected chi connectivity index (χ3v) is 3.53. The third-order valence-electron chi connectivity index (χ3n) is 3.20. The number of nitrogens with two attached hydrogens (primary N) is 1. The standard InChI is InChI=1S/C16H20ClNO2/c1-10(2)14-7-16(11(3)6-15(14)17)19-9-13-5-4-12(8-18)20-13/h4-7,10H,8-9,18H2,1-3H3. The molecular formula is C16H20ClNO2. The van der Waals surface area contributed by atoms with Crippen LogP contribution in [-0.4, -0.2) is 0 Å². The Kier molecular flexibility index (Phi) is 4.73. The van der Waals surface area contributed by atoms with E-state index in [0.29, 0.717) is 19.1 Å². The van der Waals surface area contributed by atoms with E-state index in [4.69, 9.17) is 26.5 Å². The van der Waals surface area contributed by atoms with Crippen LogP contribution in [-0.2, 0) is 13.2 Å². The van der Waals surface area contributed by atoms with E-state index in [0.717, 1.165) is 33.4 Å². The Morgan fingerprint density at radius 3 is 2.55 bits per heavy atom. The number of hydrogen-bond donors (Lipinski definition) is 1. The van der Waals surface area contributed by atoms with Crippen molar-refractivity contribution in [2.75, 3.05) is 0 Å². The Labute approximate surface area is 124 Å². The molecular weight excluding hydrogens is 274 g/mol. The molecule has 0 aliphatic heterocycles. The van der Waals surface area contributed by atoms with Gasteiger partial charge in [-0.2, -0.15) is 0 Å². The van der Waals surface area contributed by atoms with Crippen LogP contribution in [0.15, 0.2) is 28.7 Å². The first-order valence-electron chi connectivity index (χ1n) is 6.71. The van der Waals surface area contributed by atoms with Crippen LogP contribution in [0.5, 0.6) is 5.75 Å². The van der Waals surface area contributed by atoms with Crippen LogP contribution in [0.25, 0.3) is 0 Å². The van der Waals surface area contributed by atoms with Gasteiger partial charge in [0.05, 0.1) is 6.54 Å². The Bertz CT molecular complexity index is 590. The van der Waals surface area contributed by atoms with Gasteiger partial charge in [-0.3, -0.25) is 0 Å². The maximum Gasteiger partial charge on any atom is 0.146 e. The van der Waals surface area contributed by atoms with Crippen LogP contribution in [0.3, 0.4) is 0 Å². The van der Waals surface area contributed by atoms with Crippen molar-refractivity contribution >= 4 is 11.6 Å². The first-order valence-corrected chi connectivity index (χ1v) is 7.09. The minimum atomic E-state index is 0.359. The summed E-state index contributed by atoms with van der Waals surface area (Å²) in [5.74, 6) is 2.73. The average molecular weight is 294 g/mol. The minimum absolute atomic E-state index is 0.359. The molecule has 0 radical (unpaired) electrons. The normalized spacial score (nSPS) is 11.1. The molecule has 108 valence electrons. The van der Waals surface area contributed by atoms with Crippen LogP contribution >= 0.6 is 11.6 Å². The van der Waals surface area contributed by atoms with E-state index in [9.17, 15) is 0 Å². The van der Waals surface area contributed by atoms with E-state index in [-0.39, 0.29) is 0 Å². The van der Waals surface area contributed by atoms with E-state index in [2.05, 4.69) is 13.8 Å². The van der Waals surface area contributed by atoms with Gasteiger partial charge in [-0.05, 0) is 48.2 Å². The topological polar surface area (TPSA) is 48.4 Å². The van der Waals surface area contributed by atoms with E-state index in [1.165, 1.54) is 0 Å². The first-order chi connectivity index (χ1) is 9.51. The summed E-state index contributed by atoms with van der Waals surface area (Å²) in [6, 6.07) is 7.71. The molecule has 0 amide bonds. The second kappa shape index (κ2) is 6.33. The van der Waals surface area contributed by atoms with E-state index in [1.54, 1.807) is 0 Å². The molecule has 0 bridgehead atoms. The fourth-order valence-electron chi connectivity index (χ4n) is 2.02. The number of hydrogen-bond acceptors (Lipinski definition) is 3. The molecule has 2 N–H and O–H groups in total. The molecule has 0 saturated carbocycles. The lowest BCUT2D eigenvalue weighted by molar-refractivity contribution is 0.264. The van der Waals surface area contributed by atoms with Crippen molar-refractivity contribution in [2.24, 2.45) is 5.73 Å². The summed E-state index contributed by atoms with van der Waals surface area (Å²) in [5, 5.41) is 0.785. The van der Waals surface area contributed by atoms with Crippen molar-refractivity contribution in [2.45, 2.75) is 39.8 Å². The van der Waals surface area contributed by atoms with Crippen molar-refractivity contribution in [1.82, 2.24) is 0 Å². The molecule has 0 saturated heterocycles. The van der Waals surface area contributed by atoms with E-state index in [1.807, 2.05) is 31.2 Å². The average Bonchev–Trinajstić information content (AvgIpc) is 2.85. The lowest BCUT2D eigenvalue weighted by atomic mass is 10.0. The van der Waals surface area contributed by atoms with Crippen molar-refractivity contribution < 1.29 is 9.15 Å². The van der Waals surface area contributed by atoms with Gasteiger partial charge < -0.3 is 14.9 Å². The van der Waals surface area contributed by atoms with Crippen LogP contribution in [0.4, 0.5) is 0 Å². The van der Waals surface area contributed by atoms with E-state index < -0.39 is 0 Å². The Balaban J connectivity index is 2.14. The third kappa shape index (κ3) is 3.35. The fraction of sp³-hybridized carbons (Fsp3) is 0.375. The van der Waals surface area contributed by atoms with Crippen LogP contribution in [0.1, 0.15) is 42.4 Å². The summed E-state index contributed by atoms with van der Waals surface area (Å²) in [7, 11) is 0. The zero-order valence-electron chi connectivity index (χ0n) is 12.1. The van der Waals surface area contributed by atoms with Crippen LogP contribution < -0.4 is 10.5 Å². The summed E-state index contributed by atoms with van der Waals surface area (Å²) >= 11 is 6.25. The number of furan rings is 1. The van der Waals surface area contributed by atoms with Gasteiger partial charge in [0.1, 0.15) is 23.9 Å². The van der Waals surface area contributed by atoms with Crippen molar-refractivity contribution in [3.05, 3.63) is 51.9 Å². The molecule has 20 heavy (non-hydrogen) atoms. The van der Waals surface area contributed by atoms with Crippen LogP contribution in [0, 0.1) is 6.92 Å². The van der Waals surface area contributed by atoms with Crippen molar-refractivity contribution in [3.8, 4) is 5.75 Å². The zero-order valence-corrected chi connectivity index (χ0v) is 12.8. The lowest BCUT2D eigenvalue weighted by Crippen LogP contribution is -1.99. The fourth-order valence-corrected chi connectivity index (χ4v) is 2.46. The summed E-state index contributed by atoms with van der Waals surface area (Å²) in [6.07, 6.45) is 0. The molecule has 0 unspecified atom stereocenters. The second-order valence-electron chi connectivity index (χ2n) is 5.15. The molecule has 0 spiro atoms. The predicted octanol–water partition coefficient (Wildman–Crippen LogP) is 4.40. The highest BCUT2D eigenvalue weighted by Crippen LogP contribution is 2.31. The Hall–Kier alpha value is -1.45. The molecule has 0 fully saturated rings. The smallest absolute Gasteiger partial charge is 0.146 e. The van der Waals surface area contributed by atoms with Gasteiger partial charge in [0, 0.05) is 5.02 Å². The summed E-state index contributed by atoms with van der Waals surface area (Å²) in [4.78, 5) is 0. The van der Waals surface area contributed by atoms with Crippen molar-refractivity contribution in [1.29, 1.82) is 0 Å². The number of aryl methyl sites for hydroxylation is 1. The quantitative estimate of drug-likeness (QED) is 0.888. The van der Waals surface area contributed by atoms with Gasteiger partial charge in [-0.1, -0.05) is 25.4 Å². The largest absolute Gasteiger partial charge is 0.485 e. The van der Waals surface area contributed by atoms with Crippen molar-refractivity contribution in [3.63, 3.8) is 0 Å². The maximum atomic E-state index is 6.25. The molecule has 2 rings (SSSR count). The van der Waals surface area contributed by atoms with Gasteiger partial charge >= 0.3 is 0 Å². The number of halogens is 1. The molecule has 1 aromatic heterocycles. The molecule has 0 aliphatic rings. The highest BCUT2D eigenvalue weighted by molar-refractivity contribution is 6.31. The van der Waals surface area contributed by atoms with E-state index >= 15 is 0 Å². The molecule has 0 aliphatic carbocycles. The summed E-state index contributed by atoms with van der Waals surface area (Å²) in [6.45, 7) is 7.00. The molecule has 4 heteroatoms. The molecule has 1 heterocycles. The van der Waals surface area contributed by atoms with Gasteiger partial charge in [-0.15, -0.1) is 0 Å². The Morgan fingerprint density at radius 1 is 1.25 bits per heavy atom. The number of rotatable bonds is 5.